The maximum Gasteiger partial charge on any atom is 0.124 e. The van der Waals surface area contributed by atoms with Gasteiger partial charge in [-0.1, -0.05) is 27.5 Å². The molecule has 0 atom stereocenters. The molecule has 0 bridgehead atoms. The molecule has 0 radical (unpaired) electrons. The molecule has 0 saturated carbocycles. The van der Waals surface area contributed by atoms with E-state index in [-0.39, 0.29) is 5.82 Å². The topological polar surface area (TPSA) is 24.9 Å². The maximum atomic E-state index is 13.4. The van der Waals surface area contributed by atoms with Crippen LogP contribution < -0.4 is 5.32 Å². The van der Waals surface area contributed by atoms with Gasteiger partial charge < -0.3 is 5.32 Å². The quantitative estimate of drug-likeness (QED) is 0.672. The van der Waals surface area contributed by atoms with Crippen LogP contribution in [0.15, 0.2) is 53.1 Å². The minimum Gasteiger partial charge on any atom is -0.379 e. The fourth-order valence-electron chi connectivity index (χ4n) is 2.19. The van der Waals surface area contributed by atoms with E-state index in [0.29, 0.717) is 11.6 Å². The normalized spacial score (nSPS) is 10.8. The summed E-state index contributed by atoms with van der Waals surface area (Å²) in [6.07, 6.45) is 1.72. The molecule has 0 aliphatic heterocycles. The van der Waals surface area contributed by atoms with Crippen molar-refractivity contribution in [2.24, 2.45) is 0 Å². The van der Waals surface area contributed by atoms with E-state index < -0.39 is 0 Å². The number of hydrogen-bond donors (Lipinski definition) is 1. The van der Waals surface area contributed by atoms with Crippen molar-refractivity contribution < 1.29 is 4.39 Å². The molecule has 21 heavy (non-hydrogen) atoms. The lowest BCUT2D eigenvalue weighted by molar-refractivity contribution is 0.625. The summed E-state index contributed by atoms with van der Waals surface area (Å²) in [5.41, 5.74) is 2.52. The number of fused-ring (bicyclic) bond motifs is 1. The van der Waals surface area contributed by atoms with Crippen LogP contribution in [-0.2, 0) is 6.54 Å². The summed E-state index contributed by atoms with van der Waals surface area (Å²) in [4.78, 5) is 4.36. The van der Waals surface area contributed by atoms with Crippen LogP contribution in [0.25, 0.3) is 10.9 Å². The number of pyridine rings is 1. The predicted molar refractivity (Wildman–Crippen MR) is 88.2 cm³/mol. The van der Waals surface area contributed by atoms with Crippen LogP contribution in [-0.4, -0.2) is 4.98 Å². The van der Waals surface area contributed by atoms with Gasteiger partial charge in [0.15, 0.2) is 0 Å². The number of anilines is 1. The van der Waals surface area contributed by atoms with Crippen LogP contribution in [0.1, 0.15) is 5.56 Å². The van der Waals surface area contributed by atoms with Gasteiger partial charge in [-0.05, 0) is 48.0 Å². The molecule has 0 fully saturated rings. The first kappa shape index (κ1) is 14.3. The van der Waals surface area contributed by atoms with Gasteiger partial charge in [0.1, 0.15) is 5.82 Å². The number of halogens is 3. The van der Waals surface area contributed by atoms with Crippen LogP contribution in [0.2, 0.25) is 5.02 Å². The standard InChI is InChI=1S/C16H11BrClFN2/c17-11-6-10(7-12(19)8-11)9-21-15-4-3-14(18)13-2-1-5-20-16(13)15/h1-8,21H,9H2. The highest BCUT2D eigenvalue weighted by atomic mass is 79.9. The van der Waals surface area contributed by atoms with E-state index in [1.807, 2.05) is 30.3 Å². The molecule has 0 spiro atoms. The Morgan fingerprint density at radius 1 is 1.19 bits per heavy atom. The summed E-state index contributed by atoms with van der Waals surface area (Å²) in [6.45, 7) is 0.504. The number of nitrogens with one attached hydrogen (secondary N) is 1. The van der Waals surface area contributed by atoms with Crippen molar-refractivity contribution in [3.05, 3.63) is 69.5 Å². The Balaban J connectivity index is 1.90. The first-order valence-corrected chi connectivity index (χ1v) is 7.52. The Morgan fingerprint density at radius 2 is 2.05 bits per heavy atom. The zero-order valence-electron chi connectivity index (χ0n) is 10.9. The SMILES string of the molecule is Fc1cc(Br)cc(CNc2ccc(Cl)c3cccnc23)c1. The fourth-order valence-corrected chi connectivity index (χ4v) is 2.92. The molecule has 3 rings (SSSR count). The fraction of sp³-hybridized carbons (Fsp3) is 0.0625. The predicted octanol–water partition coefficient (Wildman–Crippen LogP) is 5.40. The van der Waals surface area contributed by atoms with Gasteiger partial charge >= 0.3 is 0 Å². The first-order valence-electron chi connectivity index (χ1n) is 6.35. The molecule has 2 nitrogen and oxygen atoms in total. The van der Waals surface area contributed by atoms with Gasteiger partial charge in [0.2, 0.25) is 0 Å². The Bertz CT molecular complexity index is 787. The van der Waals surface area contributed by atoms with Crippen molar-refractivity contribution in [3.8, 4) is 0 Å². The average molecular weight is 366 g/mol. The lowest BCUT2D eigenvalue weighted by Crippen LogP contribution is -2.01. The van der Waals surface area contributed by atoms with Gasteiger partial charge in [0, 0.05) is 22.6 Å². The van der Waals surface area contributed by atoms with Crippen molar-refractivity contribution in [1.29, 1.82) is 0 Å². The van der Waals surface area contributed by atoms with Gasteiger partial charge in [-0.3, -0.25) is 4.98 Å². The third-order valence-corrected chi connectivity index (χ3v) is 3.91. The van der Waals surface area contributed by atoms with Crippen LogP contribution in [0.4, 0.5) is 10.1 Å². The molecule has 1 heterocycles. The molecule has 0 aliphatic carbocycles. The summed E-state index contributed by atoms with van der Waals surface area (Å²) in [6, 6.07) is 12.3. The molecule has 1 aromatic heterocycles. The second kappa shape index (κ2) is 6.00. The molecule has 0 unspecified atom stereocenters. The second-order valence-electron chi connectivity index (χ2n) is 4.63. The van der Waals surface area contributed by atoms with Crippen LogP contribution >= 0.6 is 27.5 Å². The smallest absolute Gasteiger partial charge is 0.124 e. The highest BCUT2D eigenvalue weighted by molar-refractivity contribution is 9.10. The van der Waals surface area contributed by atoms with Crippen molar-refractivity contribution >= 4 is 44.1 Å². The highest BCUT2D eigenvalue weighted by Gasteiger charge is 2.06. The van der Waals surface area contributed by atoms with Gasteiger partial charge in [-0.2, -0.15) is 0 Å². The summed E-state index contributed by atoms with van der Waals surface area (Å²) in [5.74, 6) is -0.264. The first-order chi connectivity index (χ1) is 10.1. The highest BCUT2D eigenvalue weighted by Crippen LogP contribution is 2.28. The number of hydrogen-bond acceptors (Lipinski definition) is 2. The summed E-state index contributed by atoms with van der Waals surface area (Å²) >= 11 is 9.46. The van der Waals surface area contributed by atoms with Crippen molar-refractivity contribution in [3.63, 3.8) is 0 Å². The minimum absolute atomic E-state index is 0.264. The molecule has 0 saturated heterocycles. The van der Waals surface area contributed by atoms with Crippen LogP contribution in [0, 0.1) is 5.82 Å². The Labute approximate surface area is 135 Å². The zero-order chi connectivity index (χ0) is 14.8. The number of aromatic nitrogens is 1. The number of rotatable bonds is 3. The summed E-state index contributed by atoms with van der Waals surface area (Å²) in [7, 11) is 0. The zero-order valence-corrected chi connectivity index (χ0v) is 13.2. The molecular formula is C16H11BrClFN2. The van der Waals surface area contributed by atoms with E-state index in [1.165, 1.54) is 12.1 Å². The lowest BCUT2D eigenvalue weighted by Gasteiger charge is -2.10. The Kier molecular flexibility index (Phi) is 4.08. The summed E-state index contributed by atoms with van der Waals surface area (Å²) < 4.78 is 14.1. The van der Waals surface area contributed by atoms with E-state index in [1.54, 1.807) is 6.20 Å². The van der Waals surface area contributed by atoms with Crippen molar-refractivity contribution in [1.82, 2.24) is 4.98 Å². The maximum absolute atomic E-state index is 13.4. The molecule has 106 valence electrons. The lowest BCUT2D eigenvalue weighted by atomic mass is 10.1. The third-order valence-electron chi connectivity index (χ3n) is 3.12. The number of benzene rings is 2. The van der Waals surface area contributed by atoms with E-state index in [0.717, 1.165) is 26.6 Å². The average Bonchev–Trinajstić information content (AvgIpc) is 2.46. The van der Waals surface area contributed by atoms with Gasteiger partial charge in [0.05, 0.1) is 16.2 Å². The molecule has 5 heteroatoms. The van der Waals surface area contributed by atoms with Gasteiger partial charge in [-0.15, -0.1) is 0 Å². The molecule has 0 amide bonds. The van der Waals surface area contributed by atoms with Gasteiger partial charge in [0.25, 0.3) is 0 Å². The minimum atomic E-state index is -0.264. The van der Waals surface area contributed by atoms with Crippen LogP contribution in [0.3, 0.4) is 0 Å². The molecule has 1 N–H and O–H groups in total. The third kappa shape index (κ3) is 3.17. The van der Waals surface area contributed by atoms with E-state index >= 15 is 0 Å². The van der Waals surface area contributed by atoms with Crippen LogP contribution in [0.5, 0.6) is 0 Å². The summed E-state index contributed by atoms with van der Waals surface area (Å²) in [5, 5.41) is 4.83. The van der Waals surface area contributed by atoms with Crippen molar-refractivity contribution in [2.75, 3.05) is 5.32 Å². The van der Waals surface area contributed by atoms with E-state index in [2.05, 4.69) is 26.2 Å². The Morgan fingerprint density at radius 3 is 2.86 bits per heavy atom. The van der Waals surface area contributed by atoms with Crippen molar-refractivity contribution in [2.45, 2.75) is 6.54 Å². The molecule has 2 aromatic carbocycles. The Hall–Kier alpha value is -1.65. The molecule has 0 aliphatic rings. The number of nitrogens with zero attached hydrogens (tertiary/aromatic N) is 1. The van der Waals surface area contributed by atoms with E-state index in [9.17, 15) is 4.39 Å². The van der Waals surface area contributed by atoms with Gasteiger partial charge in [-0.25, -0.2) is 4.39 Å². The largest absolute Gasteiger partial charge is 0.379 e. The monoisotopic (exact) mass is 364 g/mol. The molecular weight excluding hydrogens is 355 g/mol. The second-order valence-corrected chi connectivity index (χ2v) is 5.95. The molecule has 3 aromatic rings. The van der Waals surface area contributed by atoms with E-state index in [4.69, 9.17) is 11.6 Å².